The molecule has 0 atom stereocenters. The van der Waals surface area contributed by atoms with Gasteiger partial charge in [-0.2, -0.15) is 5.26 Å². The summed E-state index contributed by atoms with van der Waals surface area (Å²) in [6.45, 7) is 2.96. The minimum absolute atomic E-state index is 0.687. The first kappa shape index (κ1) is 11.6. The van der Waals surface area contributed by atoms with Crippen LogP contribution in [0.5, 0.6) is 0 Å². The first-order valence-corrected chi connectivity index (χ1v) is 6.22. The van der Waals surface area contributed by atoms with E-state index in [0.717, 1.165) is 29.4 Å². The minimum Gasteiger partial charge on any atom is -0.368 e. The van der Waals surface area contributed by atoms with Gasteiger partial charge in [0.1, 0.15) is 16.6 Å². The number of anilines is 1. The fourth-order valence-electron chi connectivity index (χ4n) is 1.42. The number of hydrogen-bond donors (Lipinski definition) is 1. The lowest BCUT2D eigenvalue weighted by atomic mass is 10.3. The van der Waals surface area contributed by atoms with E-state index in [4.69, 9.17) is 5.26 Å². The summed E-state index contributed by atoms with van der Waals surface area (Å²) >= 11 is 1.43. The van der Waals surface area contributed by atoms with Crippen LogP contribution in [0.3, 0.4) is 0 Å². The number of aromatic nitrogens is 2. The number of thiophene rings is 1. The molecule has 0 aliphatic carbocycles. The van der Waals surface area contributed by atoms with Crippen molar-refractivity contribution in [2.75, 3.05) is 11.9 Å². The molecule has 17 heavy (non-hydrogen) atoms. The van der Waals surface area contributed by atoms with Gasteiger partial charge in [0.15, 0.2) is 5.82 Å². The fraction of sp³-hybridized carbons (Fsp3) is 0.250. The van der Waals surface area contributed by atoms with Gasteiger partial charge in [-0.1, -0.05) is 6.92 Å². The van der Waals surface area contributed by atoms with Gasteiger partial charge in [-0.05, 0) is 18.6 Å². The molecule has 86 valence electrons. The van der Waals surface area contributed by atoms with E-state index in [9.17, 15) is 0 Å². The standard InChI is InChI=1S/C12H12N4S/c1-2-5-15-12-11(14-6-7-16-12)10-4-3-9(8-13)17-10/h3-4,6-7H,2,5H2,1H3,(H,15,16). The van der Waals surface area contributed by atoms with Gasteiger partial charge in [0.2, 0.25) is 0 Å². The second-order valence-electron chi connectivity index (χ2n) is 3.46. The molecule has 0 saturated heterocycles. The van der Waals surface area contributed by atoms with Crippen LogP contribution in [0.15, 0.2) is 24.5 Å². The first-order chi connectivity index (χ1) is 8.35. The molecule has 2 aromatic heterocycles. The summed E-state index contributed by atoms with van der Waals surface area (Å²) in [6, 6.07) is 5.84. The van der Waals surface area contributed by atoms with Crippen LogP contribution in [0.2, 0.25) is 0 Å². The maximum absolute atomic E-state index is 8.82. The van der Waals surface area contributed by atoms with Crippen LogP contribution in [0.1, 0.15) is 18.2 Å². The Bertz CT molecular complexity index is 541. The smallest absolute Gasteiger partial charge is 0.153 e. The number of hydrogen-bond acceptors (Lipinski definition) is 5. The van der Waals surface area contributed by atoms with Crippen molar-refractivity contribution < 1.29 is 0 Å². The molecule has 2 aromatic rings. The highest BCUT2D eigenvalue weighted by Crippen LogP contribution is 2.30. The molecule has 0 saturated carbocycles. The van der Waals surface area contributed by atoms with Crippen molar-refractivity contribution in [3.8, 4) is 16.6 Å². The average Bonchev–Trinajstić information content (AvgIpc) is 2.85. The molecule has 0 aromatic carbocycles. The Balaban J connectivity index is 2.34. The molecule has 0 unspecified atom stereocenters. The van der Waals surface area contributed by atoms with Crippen molar-refractivity contribution in [3.63, 3.8) is 0 Å². The Kier molecular flexibility index (Phi) is 3.68. The van der Waals surface area contributed by atoms with Gasteiger partial charge in [0.05, 0.1) is 4.88 Å². The predicted molar refractivity (Wildman–Crippen MR) is 68.8 cm³/mol. The van der Waals surface area contributed by atoms with E-state index in [1.807, 2.05) is 6.07 Å². The lowest BCUT2D eigenvalue weighted by Crippen LogP contribution is -2.04. The SMILES string of the molecule is CCCNc1nccnc1-c1ccc(C#N)s1. The van der Waals surface area contributed by atoms with Gasteiger partial charge < -0.3 is 5.32 Å². The second kappa shape index (κ2) is 5.41. The van der Waals surface area contributed by atoms with E-state index in [0.29, 0.717) is 4.88 Å². The quantitative estimate of drug-likeness (QED) is 0.898. The van der Waals surface area contributed by atoms with Gasteiger partial charge >= 0.3 is 0 Å². The third-order valence-corrected chi connectivity index (χ3v) is 3.19. The predicted octanol–water partition coefficient (Wildman–Crippen LogP) is 2.90. The van der Waals surface area contributed by atoms with Gasteiger partial charge in [-0.15, -0.1) is 11.3 Å². The summed E-state index contributed by atoms with van der Waals surface area (Å²) < 4.78 is 0. The van der Waals surface area contributed by atoms with Gasteiger partial charge in [0.25, 0.3) is 0 Å². The molecule has 0 radical (unpaired) electrons. The van der Waals surface area contributed by atoms with E-state index in [1.54, 1.807) is 18.5 Å². The van der Waals surface area contributed by atoms with Crippen LogP contribution in [0.4, 0.5) is 5.82 Å². The molecular formula is C12H12N4S. The number of nitrogens with one attached hydrogen (secondary N) is 1. The number of nitriles is 1. The molecule has 0 aliphatic heterocycles. The average molecular weight is 244 g/mol. The first-order valence-electron chi connectivity index (χ1n) is 5.40. The molecule has 0 fully saturated rings. The maximum atomic E-state index is 8.82. The molecule has 2 heterocycles. The summed E-state index contributed by atoms with van der Waals surface area (Å²) in [4.78, 5) is 10.3. The fourth-order valence-corrected chi connectivity index (χ4v) is 2.22. The van der Waals surface area contributed by atoms with E-state index >= 15 is 0 Å². The van der Waals surface area contributed by atoms with Crippen molar-refractivity contribution in [1.29, 1.82) is 5.26 Å². The largest absolute Gasteiger partial charge is 0.368 e. The second-order valence-corrected chi connectivity index (χ2v) is 4.54. The zero-order valence-corrected chi connectivity index (χ0v) is 10.3. The van der Waals surface area contributed by atoms with Crippen molar-refractivity contribution in [2.45, 2.75) is 13.3 Å². The summed E-state index contributed by atoms with van der Waals surface area (Å²) in [5.41, 5.74) is 0.812. The lowest BCUT2D eigenvalue weighted by Gasteiger charge is -2.07. The van der Waals surface area contributed by atoms with Crippen molar-refractivity contribution in [3.05, 3.63) is 29.4 Å². The van der Waals surface area contributed by atoms with Crippen LogP contribution in [-0.4, -0.2) is 16.5 Å². The van der Waals surface area contributed by atoms with E-state index in [-0.39, 0.29) is 0 Å². The van der Waals surface area contributed by atoms with Gasteiger partial charge in [-0.25, -0.2) is 9.97 Å². The van der Waals surface area contributed by atoms with Crippen LogP contribution in [0.25, 0.3) is 10.6 Å². The normalized spacial score (nSPS) is 9.88. The minimum atomic E-state index is 0.687. The Hall–Kier alpha value is -1.93. The molecule has 5 heteroatoms. The van der Waals surface area contributed by atoms with Crippen LogP contribution >= 0.6 is 11.3 Å². The summed E-state index contributed by atoms with van der Waals surface area (Å²) in [5, 5.41) is 12.1. The lowest BCUT2D eigenvalue weighted by molar-refractivity contribution is 0.966. The zero-order chi connectivity index (χ0) is 12.1. The van der Waals surface area contributed by atoms with Crippen molar-refractivity contribution in [2.24, 2.45) is 0 Å². The molecule has 1 N–H and O–H groups in total. The van der Waals surface area contributed by atoms with Crippen molar-refractivity contribution in [1.82, 2.24) is 9.97 Å². The van der Waals surface area contributed by atoms with Crippen LogP contribution in [-0.2, 0) is 0 Å². The number of nitrogens with zero attached hydrogens (tertiary/aromatic N) is 3. The molecule has 0 amide bonds. The maximum Gasteiger partial charge on any atom is 0.153 e. The molecule has 0 aliphatic rings. The zero-order valence-electron chi connectivity index (χ0n) is 9.47. The monoisotopic (exact) mass is 244 g/mol. The Labute approximate surface area is 104 Å². The van der Waals surface area contributed by atoms with Crippen molar-refractivity contribution >= 4 is 17.2 Å². The summed E-state index contributed by atoms with van der Waals surface area (Å²) in [6.07, 6.45) is 4.36. The van der Waals surface area contributed by atoms with E-state index < -0.39 is 0 Å². The van der Waals surface area contributed by atoms with Gasteiger partial charge in [0, 0.05) is 18.9 Å². The third-order valence-electron chi connectivity index (χ3n) is 2.19. The highest BCUT2D eigenvalue weighted by Gasteiger charge is 2.09. The van der Waals surface area contributed by atoms with E-state index in [1.165, 1.54) is 11.3 Å². The number of rotatable bonds is 4. The third kappa shape index (κ3) is 2.60. The molecule has 0 bridgehead atoms. The molecule has 4 nitrogen and oxygen atoms in total. The van der Waals surface area contributed by atoms with Crippen LogP contribution < -0.4 is 5.32 Å². The van der Waals surface area contributed by atoms with E-state index in [2.05, 4.69) is 28.3 Å². The molecular weight excluding hydrogens is 232 g/mol. The van der Waals surface area contributed by atoms with Crippen LogP contribution in [0, 0.1) is 11.3 Å². The highest BCUT2D eigenvalue weighted by atomic mass is 32.1. The topological polar surface area (TPSA) is 61.6 Å². The summed E-state index contributed by atoms with van der Waals surface area (Å²) in [5.74, 6) is 0.778. The molecule has 0 spiro atoms. The summed E-state index contributed by atoms with van der Waals surface area (Å²) in [7, 11) is 0. The molecule has 2 rings (SSSR count). The Morgan fingerprint density at radius 2 is 2.18 bits per heavy atom. The Morgan fingerprint density at radius 3 is 2.88 bits per heavy atom. The van der Waals surface area contributed by atoms with Gasteiger partial charge in [-0.3, -0.25) is 0 Å². The Morgan fingerprint density at radius 1 is 1.35 bits per heavy atom. The highest BCUT2D eigenvalue weighted by molar-refractivity contribution is 7.16.